The van der Waals surface area contributed by atoms with Gasteiger partial charge in [0.1, 0.15) is 0 Å². The molecule has 0 unspecified atom stereocenters. The molecule has 1 N–H and O–H groups in total. The van der Waals surface area contributed by atoms with Crippen LogP contribution in [0.25, 0.3) is 0 Å². The summed E-state index contributed by atoms with van der Waals surface area (Å²) in [5.41, 5.74) is 3.06. The summed E-state index contributed by atoms with van der Waals surface area (Å²) in [6.45, 7) is 3.56. The minimum absolute atomic E-state index is 0.344. The van der Waals surface area contributed by atoms with Crippen LogP contribution in [-0.2, 0) is 22.3 Å². The molecule has 0 amide bonds. The van der Waals surface area contributed by atoms with Crippen LogP contribution in [0.3, 0.4) is 0 Å². The van der Waals surface area contributed by atoms with Crippen LogP contribution in [0.2, 0.25) is 0 Å². The van der Waals surface area contributed by atoms with Crippen LogP contribution < -0.4 is 5.32 Å². The zero-order valence-electron chi connectivity index (χ0n) is 12.1. The smallest absolute Gasteiger partial charge is 0.0830 e. The van der Waals surface area contributed by atoms with E-state index in [0.29, 0.717) is 12.1 Å². The first-order valence-corrected chi connectivity index (χ1v) is 7.91. The molecule has 0 radical (unpaired) electrons. The molecular weight excluding hydrogens is 250 g/mol. The molecule has 1 heterocycles. The molecule has 2 aliphatic rings. The van der Waals surface area contributed by atoms with Gasteiger partial charge in [0.05, 0.1) is 12.7 Å². The molecule has 1 aromatic carbocycles. The Morgan fingerprint density at radius 3 is 2.95 bits per heavy atom. The molecule has 1 fully saturated rings. The summed E-state index contributed by atoms with van der Waals surface area (Å²) in [6.07, 6.45) is 6.14. The minimum Gasteiger partial charge on any atom is -0.379 e. The van der Waals surface area contributed by atoms with Gasteiger partial charge in [0.15, 0.2) is 0 Å². The van der Waals surface area contributed by atoms with Crippen molar-refractivity contribution < 1.29 is 9.47 Å². The number of rotatable bonds is 6. The Balaban J connectivity index is 1.31. The van der Waals surface area contributed by atoms with Crippen molar-refractivity contribution in [3.05, 3.63) is 35.4 Å². The highest BCUT2D eigenvalue weighted by Crippen LogP contribution is 2.20. The molecule has 110 valence electrons. The molecule has 0 spiro atoms. The number of aryl methyl sites for hydroxylation is 1. The lowest BCUT2D eigenvalue weighted by Gasteiger charge is -2.25. The Labute approximate surface area is 121 Å². The van der Waals surface area contributed by atoms with E-state index in [2.05, 4.69) is 29.6 Å². The minimum atomic E-state index is 0.344. The Kier molecular flexibility index (Phi) is 5.06. The predicted molar refractivity (Wildman–Crippen MR) is 80.1 cm³/mol. The molecule has 0 saturated carbocycles. The second kappa shape index (κ2) is 7.21. The molecule has 0 aromatic heterocycles. The van der Waals surface area contributed by atoms with Crippen LogP contribution >= 0.6 is 0 Å². The molecule has 20 heavy (non-hydrogen) atoms. The molecule has 0 bridgehead atoms. The van der Waals surface area contributed by atoms with E-state index in [4.69, 9.17) is 9.47 Å². The van der Waals surface area contributed by atoms with Gasteiger partial charge in [-0.15, -0.1) is 0 Å². The average molecular weight is 275 g/mol. The lowest BCUT2D eigenvalue weighted by atomic mass is 9.88. The van der Waals surface area contributed by atoms with Crippen LogP contribution in [0.4, 0.5) is 0 Å². The van der Waals surface area contributed by atoms with Gasteiger partial charge in [-0.25, -0.2) is 0 Å². The van der Waals surface area contributed by atoms with Crippen molar-refractivity contribution in [2.75, 3.05) is 26.4 Å². The average Bonchev–Trinajstić information content (AvgIpc) is 3.00. The van der Waals surface area contributed by atoms with E-state index in [1.54, 1.807) is 0 Å². The third-order valence-electron chi connectivity index (χ3n) is 4.34. The van der Waals surface area contributed by atoms with Crippen LogP contribution in [-0.4, -0.2) is 38.5 Å². The van der Waals surface area contributed by atoms with Gasteiger partial charge in [-0.3, -0.25) is 0 Å². The first-order valence-electron chi connectivity index (χ1n) is 7.91. The summed E-state index contributed by atoms with van der Waals surface area (Å²) in [5.74, 6) is 0. The quantitative estimate of drug-likeness (QED) is 0.808. The zero-order chi connectivity index (χ0) is 13.6. The van der Waals surface area contributed by atoms with E-state index >= 15 is 0 Å². The monoisotopic (exact) mass is 275 g/mol. The van der Waals surface area contributed by atoms with Gasteiger partial charge < -0.3 is 14.8 Å². The number of ether oxygens (including phenoxy) is 2. The Morgan fingerprint density at radius 2 is 2.10 bits per heavy atom. The normalized spacial score (nSPS) is 25.6. The Bertz CT molecular complexity index is 415. The molecular formula is C17H25NO2. The second-order valence-electron chi connectivity index (χ2n) is 5.87. The van der Waals surface area contributed by atoms with E-state index in [0.717, 1.165) is 39.2 Å². The number of nitrogens with one attached hydrogen (secondary N) is 1. The standard InChI is InChI=1S/C17H25NO2/c1-2-5-15-12-16(7-6-14(15)4-1)18-9-3-10-20-17-8-11-19-13-17/h1-2,4-5,16-18H,3,6-13H2/t16-,17-/m0/s1. The summed E-state index contributed by atoms with van der Waals surface area (Å²) in [5, 5.41) is 3.68. The topological polar surface area (TPSA) is 30.5 Å². The SMILES string of the molecule is c1ccc2c(c1)CC[C@H](NCCCO[C@H]1CCOC1)C2. The van der Waals surface area contributed by atoms with Gasteiger partial charge in [0.25, 0.3) is 0 Å². The van der Waals surface area contributed by atoms with Gasteiger partial charge in [0, 0.05) is 19.3 Å². The molecule has 3 heteroatoms. The summed E-state index contributed by atoms with van der Waals surface area (Å²) in [7, 11) is 0. The summed E-state index contributed by atoms with van der Waals surface area (Å²) >= 11 is 0. The number of hydrogen-bond donors (Lipinski definition) is 1. The fraction of sp³-hybridized carbons (Fsp3) is 0.647. The van der Waals surface area contributed by atoms with Crippen LogP contribution in [0.5, 0.6) is 0 Å². The molecule has 2 atom stereocenters. The number of hydrogen-bond acceptors (Lipinski definition) is 3. The summed E-state index contributed by atoms with van der Waals surface area (Å²) in [6, 6.07) is 9.48. The molecule has 1 saturated heterocycles. The van der Waals surface area contributed by atoms with Crippen molar-refractivity contribution in [1.29, 1.82) is 0 Å². The lowest BCUT2D eigenvalue weighted by Crippen LogP contribution is -2.35. The number of fused-ring (bicyclic) bond motifs is 1. The van der Waals surface area contributed by atoms with Crippen molar-refractivity contribution in [2.24, 2.45) is 0 Å². The van der Waals surface area contributed by atoms with Crippen molar-refractivity contribution in [2.45, 2.75) is 44.2 Å². The molecule has 1 aromatic rings. The third-order valence-corrected chi connectivity index (χ3v) is 4.34. The highest BCUT2D eigenvalue weighted by molar-refractivity contribution is 5.30. The highest BCUT2D eigenvalue weighted by atomic mass is 16.5. The summed E-state index contributed by atoms with van der Waals surface area (Å²) < 4.78 is 11.1. The van der Waals surface area contributed by atoms with E-state index in [9.17, 15) is 0 Å². The van der Waals surface area contributed by atoms with E-state index in [1.807, 2.05) is 0 Å². The molecule has 3 nitrogen and oxygen atoms in total. The lowest BCUT2D eigenvalue weighted by molar-refractivity contribution is 0.0413. The van der Waals surface area contributed by atoms with E-state index in [1.165, 1.54) is 30.4 Å². The Hall–Kier alpha value is -0.900. The van der Waals surface area contributed by atoms with Crippen LogP contribution in [0.1, 0.15) is 30.4 Å². The maximum Gasteiger partial charge on any atom is 0.0830 e. The van der Waals surface area contributed by atoms with Crippen molar-refractivity contribution in [3.63, 3.8) is 0 Å². The molecule has 1 aliphatic heterocycles. The highest BCUT2D eigenvalue weighted by Gasteiger charge is 2.18. The van der Waals surface area contributed by atoms with Gasteiger partial charge in [-0.05, 0) is 49.8 Å². The second-order valence-corrected chi connectivity index (χ2v) is 5.87. The van der Waals surface area contributed by atoms with Crippen molar-refractivity contribution in [3.8, 4) is 0 Å². The zero-order valence-corrected chi connectivity index (χ0v) is 12.1. The van der Waals surface area contributed by atoms with E-state index < -0.39 is 0 Å². The number of benzene rings is 1. The third kappa shape index (κ3) is 3.81. The predicted octanol–water partition coefficient (Wildman–Crippen LogP) is 2.33. The van der Waals surface area contributed by atoms with Gasteiger partial charge in [-0.2, -0.15) is 0 Å². The first kappa shape index (κ1) is 14.1. The summed E-state index contributed by atoms with van der Waals surface area (Å²) in [4.78, 5) is 0. The van der Waals surface area contributed by atoms with Crippen molar-refractivity contribution >= 4 is 0 Å². The first-order chi connectivity index (χ1) is 9.92. The van der Waals surface area contributed by atoms with Gasteiger partial charge in [0.2, 0.25) is 0 Å². The maximum absolute atomic E-state index is 5.78. The van der Waals surface area contributed by atoms with Crippen LogP contribution in [0, 0.1) is 0 Å². The largest absolute Gasteiger partial charge is 0.379 e. The Morgan fingerprint density at radius 1 is 1.20 bits per heavy atom. The van der Waals surface area contributed by atoms with Crippen LogP contribution in [0.15, 0.2) is 24.3 Å². The maximum atomic E-state index is 5.78. The molecule has 1 aliphatic carbocycles. The van der Waals surface area contributed by atoms with Gasteiger partial charge >= 0.3 is 0 Å². The fourth-order valence-corrected chi connectivity index (χ4v) is 3.14. The fourth-order valence-electron chi connectivity index (χ4n) is 3.14. The molecule has 3 rings (SSSR count). The van der Waals surface area contributed by atoms with E-state index in [-0.39, 0.29) is 0 Å². The van der Waals surface area contributed by atoms with Crippen molar-refractivity contribution in [1.82, 2.24) is 5.32 Å². The van der Waals surface area contributed by atoms with Gasteiger partial charge in [-0.1, -0.05) is 24.3 Å².